The summed E-state index contributed by atoms with van der Waals surface area (Å²) < 4.78 is 16.8. The molecule has 0 aliphatic heterocycles. The van der Waals surface area contributed by atoms with Gasteiger partial charge in [-0.1, -0.05) is 12.1 Å². The molecule has 33 heavy (non-hydrogen) atoms. The van der Waals surface area contributed by atoms with Crippen molar-refractivity contribution in [1.29, 1.82) is 5.26 Å². The van der Waals surface area contributed by atoms with Crippen molar-refractivity contribution in [2.45, 2.75) is 19.1 Å². The van der Waals surface area contributed by atoms with Gasteiger partial charge in [0.25, 0.3) is 5.91 Å². The van der Waals surface area contributed by atoms with E-state index in [0.29, 0.717) is 22.6 Å². The number of aliphatic hydroxyl groups is 1. The predicted molar refractivity (Wildman–Crippen MR) is 118 cm³/mol. The van der Waals surface area contributed by atoms with Gasteiger partial charge < -0.3 is 19.3 Å². The Hall–Kier alpha value is -3.91. The lowest BCUT2D eigenvalue weighted by molar-refractivity contribution is -0.124. The third kappa shape index (κ3) is 8.27. The van der Waals surface area contributed by atoms with Crippen molar-refractivity contribution in [2.75, 3.05) is 25.1 Å². The Bertz CT molecular complexity index is 986. The van der Waals surface area contributed by atoms with Gasteiger partial charge in [-0.15, -0.1) is 0 Å². The molecule has 0 bridgehead atoms. The molecule has 2 aromatic rings. The molecule has 0 spiro atoms. The smallest absolute Gasteiger partial charge is 0.412 e. The molecule has 10 nitrogen and oxygen atoms in total. The topological polar surface area (TPSA) is 150 Å². The second-order valence-corrected chi connectivity index (χ2v) is 6.54. The highest BCUT2D eigenvalue weighted by molar-refractivity contribution is 5.86. The summed E-state index contributed by atoms with van der Waals surface area (Å²) in [7, 11) is 0. The minimum Gasteiger partial charge on any atom is -0.491 e. The normalized spacial score (nSPS) is 12.4. The Morgan fingerprint density at radius 3 is 2.61 bits per heavy atom. The molecule has 4 N–H and O–H groups in total. The van der Waals surface area contributed by atoms with Gasteiger partial charge in [-0.2, -0.15) is 5.26 Å². The van der Waals surface area contributed by atoms with Crippen LogP contribution in [0.3, 0.4) is 0 Å². The molecule has 2 rings (SSSR count). The van der Waals surface area contributed by atoms with Gasteiger partial charge in [-0.3, -0.25) is 15.3 Å². The minimum absolute atomic E-state index is 0.0830. The number of hydrogen-bond donors (Lipinski definition) is 4. The maximum absolute atomic E-state index is 12.6. The average Bonchev–Trinajstić information content (AvgIpc) is 2.84. The number of ether oxygens (including phenoxy) is 3. The first-order valence-corrected chi connectivity index (χ1v) is 10.1. The highest BCUT2D eigenvalue weighted by Gasteiger charge is 2.27. The molecule has 174 valence electrons. The molecule has 2 atom stereocenters. The summed E-state index contributed by atoms with van der Waals surface area (Å²) in [6.07, 6.45) is -0.260. The molecule has 0 fully saturated rings. The van der Waals surface area contributed by atoms with Crippen LogP contribution in [0.15, 0.2) is 60.7 Å². The van der Waals surface area contributed by atoms with E-state index in [2.05, 4.69) is 5.32 Å². The Kier molecular flexibility index (Phi) is 10.4. The first-order valence-electron chi connectivity index (χ1n) is 10.1. The Labute approximate surface area is 191 Å². The van der Waals surface area contributed by atoms with Crippen LogP contribution < -0.4 is 15.5 Å². The van der Waals surface area contributed by atoms with Crippen molar-refractivity contribution >= 4 is 17.7 Å². The largest absolute Gasteiger partial charge is 0.491 e. The second-order valence-electron chi connectivity index (χ2n) is 6.54. The lowest BCUT2D eigenvalue weighted by Crippen LogP contribution is -2.28. The number of amides is 2. The lowest BCUT2D eigenvalue weighted by atomic mass is 10.0. The summed E-state index contributed by atoms with van der Waals surface area (Å²) in [6, 6.07) is 14.9. The summed E-state index contributed by atoms with van der Waals surface area (Å²) in [4.78, 5) is 24.1. The number of carbonyl (C=O) groups excluding carboxylic acids is 2. The minimum atomic E-state index is -0.997. The van der Waals surface area contributed by atoms with Crippen LogP contribution in [-0.4, -0.2) is 48.2 Å². The van der Waals surface area contributed by atoms with Gasteiger partial charge in [-0.05, 0) is 55.0 Å². The first kappa shape index (κ1) is 25.4. The number of hydrogen-bond acceptors (Lipinski definition) is 8. The number of hydroxylamine groups is 1. The Morgan fingerprint density at radius 2 is 1.97 bits per heavy atom. The van der Waals surface area contributed by atoms with E-state index in [4.69, 9.17) is 29.8 Å². The van der Waals surface area contributed by atoms with Gasteiger partial charge in [0, 0.05) is 18.4 Å². The number of nitrogens with zero attached hydrogens (tertiary/aromatic N) is 1. The zero-order chi connectivity index (χ0) is 24.1. The van der Waals surface area contributed by atoms with E-state index in [9.17, 15) is 9.59 Å². The number of rotatable bonds is 11. The molecular formula is C23H25N3O7. The van der Waals surface area contributed by atoms with Gasteiger partial charge >= 0.3 is 6.09 Å². The van der Waals surface area contributed by atoms with Crippen LogP contribution in [0.2, 0.25) is 0 Å². The van der Waals surface area contributed by atoms with E-state index in [1.54, 1.807) is 55.5 Å². The molecule has 0 aliphatic carbocycles. The lowest BCUT2D eigenvalue weighted by Gasteiger charge is -2.25. The molecule has 0 saturated carbocycles. The van der Waals surface area contributed by atoms with Crippen molar-refractivity contribution in [3.8, 4) is 11.8 Å². The molecule has 0 radical (unpaired) electrons. The van der Waals surface area contributed by atoms with E-state index in [-0.39, 0.29) is 19.8 Å². The molecular weight excluding hydrogens is 430 g/mol. The average molecular weight is 455 g/mol. The predicted octanol–water partition coefficient (Wildman–Crippen LogP) is 2.69. The van der Waals surface area contributed by atoms with Crippen LogP contribution in [0.4, 0.5) is 10.5 Å². The molecule has 0 aromatic heterocycles. The number of nitriles is 1. The fraction of sp³-hybridized carbons (Fsp3) is 0.261. The Morgan fingerprint density at radius 1 is 1.21 bits per heavy atom. The molecule has 0 unspecified atom stereocenters. The monoisotopic (exact) mass is 455 g/mol. The summed E-state index contributed by atoms with van der Waals surface area (Å²) in [6.45, 7) is 1.90. The molecule has 10 heteroatoms. The number of aliphatic hydroxyl groups excluding tert-OH is 1. The van der Waals surface area contributed by atoms with Crippen molar-refractivity contribution < 1.29 is 34.1 Å². The van der Waals surface area contributed by atoms with E-state index < -0.39 is 24.2 Å². The van der Waals surface area contributed by atoms with E-state index >= 15 is 0 Å². The van der Waals surface area contributed by atoms with Crippen LogP contribution in [0.1, 0.15) is 24.2 Å². The van der Waals surface area contributed by atoms with Gasteiger partial charge in [0.1, 0.15) is 18.5 Å². The van der Waals surface area contributed by atoms with Crippen LogP contribution in [0, 0.1) is 11.3 Å². The third-order valence-corrected chi connectivity index (χ3v) is 4.25. The highest BCUT2D eigenvalue weighted by Crippen LogP contribution is 2.28. The van der Waals surface area contributed by atoms with Crippen molar-refractivity contribution in [3.05, 3.63) is 71.8 Å². The number of anilines is 1. The van der Waals surface area contributed by atoms with E-state index in [1.807, 2.05) is 6.07 Å². The summed E-state index contributed by atoms with van der Waals surface area (Å²) in [5, 5.41) is 29.2. The summed E-state index contributed by atoms with van der Waals surface area (Å²) in [5.41, 5.74) is 2.85. The van der Waals surface area contributed by atoms with Crippen LogP contribution in [0.25, 0.3) is 0 Å². The fourth-order valence-electron chi connectivity index (χ4n) is 2.82. The maximum Gasteiger partial charge on any atom is 0.412 e. The zero-order valence-corrected chi connectivity index (χ0v) is 17.9. The van der Waals surface area contributed by atoms with E-state index in [0.717, 1.165) is 6.08 Å². The van der Waals surface area contributed by atoms with Crippen molar-refractivity contribution in [3.63, 3.8) is 0 Å². The fourth-order valence-corrected chi connectivity index (χ4v) is 2.82. The van der Waals surface area contributed by atoms with Crippen LogP contribution >= 0.6 is 0 Å². The number of benzene rings is 2. The highest BCUT2D eigenvalue weighted by atomic mass is 16.6. The first-order chi connectivity index (χ1) is 16.0. The molecule has 0 heterocycles. The SMILES string of the molecule is CCO[C@@H](/C=C/C(=O)NO)[C@@H](OC(=O)Nc1ccc(C#N)cc1)c1cccc(OCCO)c1. The third-order valence-electron chi connectivity index (χ3n) is 4.25. The van der Waals surface area contributed by atoms with Gasteiger partial charge in [0.15, 0.2) is 6.10 Å². The standard InChI is InChI=1S/C23H25N3O7/c1-2-31-20(10-11-21(28)26-30)22(17-4-3-5-19(14-17)32-13-12-27)33-23(29)25-18-8-6-16(15-24)7-9-18/h3-11,14,20,22,27,30H,2,12-13H2,1H3,(H,25,29)(H,26,28)/b11-10+/t20-,22-/m0/s1. The van der Waals surface area contributed by atoms with Crippen LogP contribution in [0.5, 0.6) is 5.75 Å². The molecule has 0 aliphatic rings. The van der Waals surface area contributed by atoms with Crippen molar-refractivity contribution in [1.82, 2.24) is 5.48 Å². The number of carbonyl (C=O) groups is 2. The van der Waals surface area contributed by atoms with Crippen molar-refractivity contribution in [2.24, 2.45) is 0 Å². The molecule has 2 aromatic carbocycles. The Balaban J connectivity index is 2.31. The number of nitrogens with one attached hydrogen (secondary N) is 2. The van der Waals surface area contributed by atoms with Gasteiger partial charge in [0.2, 0.25) is 0 Å². The zero-order valence-electron chi connectivity index (χ0n) is 17.9. The van der Waals surface area contributed by atoms with E-state index in [1.165, 1.54) is 11.6 Å². The van der Waals surface area contributed by atoms with Gasteiger partial charge in [0.05, 0.1) is 18.2 Å². The maximum atomic E-state index is 12.6. The molecule has 2 amide bonds. The van der Waals surface area contributed by atoms with Crippen LogP contribution in [-0.2, 0) is 14.3 Å². The summed E-state index contributed by atoms with van der Waals surface area (Å²) in [5.74, 6) is -0.338. The van der Waals surface area contributed by atoms with Gasteiger partial charge in [-0.25, -0.2) is 10.3 Å². The second kappa shape index (κ2) is 13.5. The quantitative estimate of drug-likeness (QED) is 0.229. The summed E-state index contributed by atoms with van der Waals surface area (Å²) >= 11 is 0. The molecule has 0 saturated heterocycles.